The monoisotopic (exact) mass is 291 g/mol. The smallest absolute Gasteiger partial charge is 0.158 e. The van der Waals surface area contributed by atoms with Crippen molar-refractivity contribution < 1.29 is 10.2 Å². The first-order valence-corrected chi connectivity index (χ1v) is 7.14. The molecule has 4 N–H and O–H groups in total. The highest BCUT2D eigenvalue weighted by Gasteiger charge is 2.26. The molecule has 2 aromatic rings. The zero-order valence-electron chi connectivity index (χ0n) is 11.8. The third kappa shape index (κ3) is 1.99. The Morgan fingerprint density at radius 1 is 1.27 bits per heavy atom. The number of benzene rings is 1. The summed E-state index contributed by atoms with van der Waals surface area (Å²) in [6.07, 6.45) is 7.29. The van der Waals surface area contributed by atoms with Gasteiger partial charge in [0, 0.05) is 23.2 Å². The Bertz CT molecular complexity index is 823. The number of aromatic nitrogens is 2. The van der Waals surface area contributed by atoms with E-state index < -0.39 is 0 Å². The summed E-state index contributed by atoms with van der Waals surface area (Å²) >= 11 is 0. The third-order valence-corrected chi connectivity index (χ3v) is 4.09. The fraction of sp³-hybridized carbons (Fsp3) is 0.188. The summed E-state index contributed by atoms with van der Waals surface area (Å²) in [6.45, 7) is 0. The van der Waals surface area contributed by atoms with Gasteiger partial charge in [-0.1, -0.05) is 18.0 Å². The van der Waals surface area contributed by atoms with Crippen molar-refractivity contribution in [2.45, 2.75) is 18.7 Å². The molecule has 5 nitrogen and oxygen atoms in total. The number of nitrogens with one attached hydrogen (secondary N) is 2. The van der Waals surface area contributed by atoms with Crippen molar-refractivity contribution in [3.05, 3.63) is 47.2 Å². The highest BCUT2D eigenvalue weighted by Crippen LogP contribution is 2.43. The van der Waals surface area contributed by atoms with E-state index in [2.05, 4.69) is 15.5 Å². The maximum absolute atomic E-state index is 9.68. The molecule has 1 aromatic heterocycles. The van der Waals surface area contributed by atoms with Gasteiger partial charge in [0.2, 0.25) is 0 Å². The molecule has 1 atom stereocenters. The molecule has 4 rings (SSSR count). The second kappa shape index (κ2) is 4.69. The van der Waals surface area contributed by atoms with Crippen molar-refractivity contribution in [1.29, 1.82) is 0 Å². The van der Waals surface area contributed by atoms with Crippen LogP contribution in [0.1, 0.15) is 17.5 Å². The van der Waals surface area contributed by atoms with Crippen LogP contribution < -0.4 is 5.32 Å². The van der Waals surface area contributed by atoms with Gasteiger partial charge in [-0.15, -0.1) is 0 Å². The minimum absolute atomic E-state index is 0.0191. The van der Waals surface area contributed by atoms with E-state index in [1.165, 1.54) is 0 Å². The molecule has 1 aromatic carbocycles. The Labute approximate surface area is 128 Å². The number of allylic oxidation sites excluding steroid dienone is 4. The Morgan fingerprint density at radius 3 is 2.91 bits per heavy atom. The number of H-pyrrole nitrogens is 1. The van der Waals surface area contributed by atoms with Crippen molar-refractivity contribution in [2.24, 2.45) is 0 Å². The van der Waals surface area contributed by atoms with E-state index in [0.717, 1.165) is 40.3 Å². The number of aromatic amines is 1. The van der Waals surface area contributed by atoms with Gasteiger partial charge >= 0.3 is 0 Å². The summed E-state index contributed by atoms with van der Waals surface area (Å²) < 4.78 is 0. The number of aromatic hydroxyl groups is 2. The zero-order valence-corrected chi connectivity index (χ0v) is 11.8. The van der Waals surface area contributed by atoms with E-state index in [4.69, 9.17) is 7.85 Å². The van der Waals surface area contributed by atoms with Crippen LogP contribution in [0.2, 0.25) is 5.82 Å². The summed E-state index contributed by atoms with van der Waals surface area (Å²) in [5.74, 6) is 0.559. The quantitative estimate of drug-likeness (QED) is 0.432. The average molecular weight is 291 g/mol. The van der Waals surface area contributed by atoms with Gasteiger partial charge in [0.1, 0.15) is 0 Å². The molecule has 22 heavy (non-hydrogen) atoms. The highest BCUT2D eigenvalue weighted by molar-refractivity contribution is 6.13. The lowest BCUT2D eigenvalue weighted by atomic mass is 9.81. The van der Waals surface area contributed by atoms with Crippen LogP contribution >= 0.6 is 0 Å². The molecule has 1 unspecified atom stereocenters. The van der Waals surface area contributed by atoms with E-state index >= 15 is 0 Å². The van der Waals surface area contributed by atoms with E-state index in [1.807, 2.05) is 18.2 Å². The Morgan fingerprint density at radius 2 is 2.09 bits per heavy atom. The second-order valence-electron chi connectivity index (χ2n) is 5.67. The summed E-state index contributed by atoms with van der Waals surface area (Å²) in [5, 5.41) is 30.0. The van der Waals surface area contributed by atoms with Gasteiger partial charge in [0.15, 0.2) is 17.3 Å². The van der Waals surface area contributed by atoms with Crippen LogP contribution in [-0.2, 0) is 6.42 Å². The SMILES string of the molecule is [B]C1C=CC=C(Nc2n[nH]c3c2Cc2cc(O)c(O)cc2-3)C1. The molecular weight excluding hydrogens is 277 g/mol. The van der Waals surface area contributed by atoms with Crippen LogP contribution in [0.25, 0.3) is 11.3 Å². The summed E-state index contributed by atoms with van der Waals surface area (Å²) in [4.78, 5) is 0. The molecule has 2 aliphatic rings. The van der Waals surface area contributed by atoms with Crippen molar-refractivity contribution in [1.82, 2.24) is 10.2 Å². The van der Waals surface area contributed by atoms with Crippen LogP contribution in [0.15, 0.2) is 36.1 Å². The number of anilines is 1. The Balaban J connectivity index is 1.67. The predicted octanol–water partition coefficient (Wildman–Crippen LogP) is 2.60. The first-order chi connectivity index (χ1) is 10.6. The summed E-state index contributed by atoms with van der Waals surface area (Å²) in [7, 11) is 5.92. The van der Waals surface area contributed by atoms with Gasteiger partial charge in [0.05, 0.1) is 13.5 Å². The molecule has 0 spiro atoms. The lowest BCUT2D eigenvalue weighted by Gasteiger charge is -2.15. The normalized spacial score (nSPS) is 18.7. The Kier molecular flexibility index (Phi) is 2.79. The highest BCUT2D eigenvalue weighted by atomic mass is 16.3. The molecule has 0 aliphatic heterocycles. The number of phenols is 2. The van der Waals surface area contributed by atoms with Crippen LogP contribution in [-0.4, -0.2) is 28.3 Å². The van der Waals surface area contributed by atoms with Crippen LogP contribution in [0, 0.1) is 0 Å². The maximum Gasteiger partial charge on any atom is 0.158 e. The van der Waals surface area contributed by atoms with E-state index in [9.17, 15) is 10.2 Å². The molecular formula is C16H14BN3O2. The molecule has 2 radical (unpaired) electrons. The van der Waals surface area contributed by atoms with Crippen LogP contribution in [0.5, 0.6) is 11.5 Å². The molecule has 0 saturated carbocycles. The first-order valence-electron chi connectivity index (χ1n) is 7.14. The maximum atomic E-state index is 9.68. The summed E-state index contributed by atoms with van der Waals surface area (Å²) in [5.41, 5.74) is 4.77. The van der Waals surface area contributed by atoms with Gasteiger partial charge in [-0.3, -0.25) is 5.10 Å². The lowest BCUT2D eigenvalue weighted by Crippen LogP contribution is -2.06. The fourth-order valence-electron chi connectivity index (χ4n) is 3.00. The Hall–Kier alpha value is -2.63. The first kappa shape index (κ1) is 13.1. The van der Waals surface area contributed by atoms with Gasteiger partial charge in [-0.25, -0.2) is 0 Å². The third-order valence-electron chi connectivity index (χ3n) is 4.09. The van der Waals surface area contributed by atoms with Crippen molar-refractivity contribution in [3.8, 4) is 22.8 Å². The van der Waals surface area contributed by atoms with E-state index in [0.29, 0.717) is 6.42 Å². The minimum Gasteiger partial charge on any atom is -0.504 e. The van der Waals surface area contributed by atoms with Crippen LogP contribution in [0.3, 0.4) is 0 Å². The largest absolute Gasteiger partial charge is 0.504 e. The molecule has 0 bridgehead atoms. The lowest BCUT2D eigenvalue weighted by molar-refractivity contribution is 0.403. The summed E-state index contributed by atoms with van der Waals surface area (Å²) in [6, 6.07) is 3.16. The standard InChI is InChI=1S/C16H14BN3O2/c17-9-2-1-3-10(6-9)18-16-12-4-8-5-13(21)14(22)7-11(8)15(12)19-20-16/h1-3,5,7,9,21-22H,4,6H2,(H2,18,19,20). The second-order valence-corrected chi connectivity index (χ2v) is 5.67. The molecule has 6 heteroatoms. The molecule has 108 valence electrons. The number of hydrogen-bond donors (Lipinski definition) is 4. The number of hydrogen-bond acceptors (Lipinski definition) is 4. The van der Waals surface area contributed by atoms with Gasteiger partial charge in [-0.05, 0) is 30.2 Å². The molecule has 0 amide bonds. The molecule has 0 fully saturated rings. The number of fused-ring (bicyclic) bond motifs is 3. The van der Waals surface area contributed by atoms with Crippen molar-refractivity contribution >= 4 is 13.7 Å². The van der Waals surface area contributed by atoms with Crippen molar-refractivity contribution in [2.75, 3.05) is 5.32 Å². The topological polar surface area (TPSA) is 81.2 Å². The predicted molar refractivity (Wildman–Crippen MR) is 85.1 cm³/mol. The molecule has 2 aliphatic carbocycles. The fourth-order valence-corrected chi connectivity index (χ4v) is 3.00. The number of rotatable bonds is 2. The molecule has 0 saturated heterocycles. The minimum atomic E-state index is -0.123. The van der Waals surface area contributed by atoms with Gasteiger partial charge in [0.25, 0.3) is 0 Å². The van der Waals surface area contributed by atoms with E-state index in [1.54, 1.807) is 12.1 Å². The van der Waals surface area contributed by atoms with Crippen molar-refractivity contribution in [3.63, 3.8) is 0 Å². The van der Waals surface area contributed by atoms with Crippen LogP contribution in [0.4, 0.5) is 5.82 Å². The van der Waals surface area contributed by atoms with E-state index in [-0.39, 0.29) is 17.3 Å². The number of nitrogens with zero attached hydrogens (tertiary/aromatic N) is 1. The van der Waals surface area contributed by atoms with Gasteiger partial charge < -0.3 is 15.5 Å². The zero-order chi connectivity index (χ0) is 15.3. The van der Waals surface area contributed by atoms with Gasteiger partial charge in [-0.2, -0.15) is 5.10 Å². The number of phenolic OH excluding ortho intramolecular Hbond substituents is 2. The average Bonchev–Trinajstić information content (AvgIpc) is 3.01. The molecule has 1 heterocycles.